The number of benzene rings is 5. The third-order valence-electron chi connectivity index (χ3n) is 10.1. The predicted molar refractivity (Wildman–Crippen MR) is 202 cm³/mol. The molecule has 0 radical (unpaired) electrons. The van der Waals surface area contributed by atoms with E-state index in [0.29, 0.717) is 5.70 Å². The van der Waals surface area contributed by atoms with E-state index in [1.54, 1.807) is 0 Å². The quantitative estimate of drug-likeness (QED) is 0.160. The van der Waals surface area contributed by atoms with Gasteiger partial charge in [0.2, 0.25) is 0 Å². The highest BCUT2D eigenvalue weighted by molar-refractivity contribution is 6.22. The number of hydrogen-bond donors (Lipinski definition) is 1. The summed E-state index contributed by atoms with van der Waals surface area (Å²) in [7, 11) is 0. The fourth-order valence-corrected chi connectivity index (χ4v) is 7.77. The molecule has 0 spiro atoms. The maximum atomic E-state index is 7.13. The molecule has 3 aliphatic rings. The van der Waals surface area contributed by atoms with Crippen LogP contribution in [0.4, 0.5) is 0 Å². The Morgan fingerprint density at radius 3 is 2.34 bits per heavy atom. The number of rotatable bonds is 4. The van der Waals surface area contributed by atoms with Crippen LogP contribution in [-0.2, 0) is 5.41 Å². The van der Waals surface area contributed by atoms with Crippen molar-refractivity contribution in [2.75, 3.05) is 0 Å². The summed E-state index contributed by atoms with van der Waals surface area (Å²) in [5, 5.41) is 4.64. The SMILES string of the molecule is C=C1C=CC=CC1=N/C(=C(\N)c1ccccc1)c1c2ccccc2c(-c2ccc3c(c2)C2=C(C=CCC2)C3(C)C)c2cc(C)ccc12. The molecule has 0 saturated heterocycles. The smallest absolute Gasteiger partial charge is 0.0957 e. The zero-order valence-electron chi connectivity index (χ0n) is 27.3. The molecule has 0 aromatic heterocycles. The van der Waals surface area contributed by atoms with Crippen LogP contribution in [0.15, 0.2) is 150 Å². The number of allylic oxidation sites excluding steroid dienone is 9. The van der Waals surface area contributed by atoms with Crippen LogP contribution >= 0.6 is 0 Å². The first kappa shape index (κ1) is 29.0. The van der Waals surface area contributed by atoms with Crippen LogP contribution in [0.1, 0.15) is 54.5 Å². The summed E-state index contributed by atoms with van der Waals surface area (Å²) in [6.07, 6.45) is 14.9. The molecule has 47 heavy (non-hydrogen) atoms. The van der Waals surface area contributed by atoms with E-state index in [1.165, 1.54) is 49.7 Å². The molecule has 2 heteroatoms. The molecule has 5 aromatic carbocycles. The fourth-order valence-electron chi connectivity index (χ4n) is 7.77. The van der Waals surface area contributed by atoms with Gasteiger partial charge in [-0.1, -0.05) is 141 Å². The van der Waals surface area contributed by atoms with Gasteiger partial charge >= 0.3 is 0 Å². The molecule has 8 rings (SSSR count). The summed E-state index contributed by atoms with van der Waals surface area (Å²) in [5.41, 5.74) is 21.7. The van der Waals surface area contributed by atoms with E-state index in [4.69, 9.17) is 10.7 Å². The summed E-state index contributed by atoms with van der Waals surface area (Å²) in [4.78, 5) is 5.32. The third-order valence-corrected chi connectivity index (χ3v) is 10.1. The Labute approximate surface area is 277 Å². The molecule has 0 heterocycles. The summed E-state index contributed by atoms with van der Waals surface area (Å²) in [6, 6.07) is 32.9. The van der Waals surface area contributed by atoms with Gasteiger partial charge in [0.05, 0.1) is 17.1 Å². The minimum absolute atomic E-state index is 0.00525. The largest absolute Gasteiger partial charge is 0.396 e. The Morgan fingerprint density at radius 2 is 1.53 bits per heavy atom. The van der Waals surface area contributed by atoms with Crippen molar-refractivity contribution in [3.05, 3.63) is 173 Å². The third kappa shape index (κ3) is 4.67. The molecule has 5 aromatic rings. The first-order valence-corrected chi connectivity index (χ1v) is 16.5. The fraction of sp³-hybridized carbons (Fsp3) is 0.133. The Bertz CT molecular complexity index is 2330. The van der Waals surface area contributed by atoms with Crippen LogP contribution in [-0.4, -0.2) is 5.71 Å². The van der Waals surface area contributed by atoms with Gasteiger partial charge in [-0.05, 0) is 98.0 Å². The number of nitrogens with two attached hydrogens (primary N) is 1. The van der Waals surface area contributed by atoms with E-state index in [1.807, 2.05) is 42.5 Å². The summed E-state index contributed by atoms with van der Waals surface area (Å²) < 4.78 is 0. The first-order valence-electron chi connectivity index (χ1n) is 16.5. The Morgan fingerprint density at radius 1 is 0.787 bits per heavy atom. The molecule has 0 saturated carbocycles. The molecule has 2 N–H and O–H groups in total. The van der Waals surface area contributed by atoms with Gasteiger partial charge < -0.3 is 5.73 Å². The minimum atomic E-state index is 0.00525. The van der Waals surface area contributed by atoms with Crippen LogP contribution in [0.25, 0.3) is 49.6 Å². The van der Waals surface area contributed by atoms with Gasteiger partial charge in [-0.25, -0.2) is 4.99 Å². The van der Waals surface area contributed by atoms with Crippen molar-refractivity contribution in [3.63, 3.8) is 0 Å². The normalized spacial score (nSPS) is 17.9. The molecule has 0 unspecified atom stereocenters. The maximum absolute atomic E-state index is 7.13. The van der Waals surface area contributed by atoms with E-state index in [9.17, 15) is 0 Å². The molecule has 0 bridgehead atoms. The average Bonchev–Trinajstić information content (AvgIpc) is 3.32. The maximum Gasteiger partial charge on any atom is 0.0957 e. The van der Waals surface area contributed by atoms with Crippen molar-refractivity contribution in [1.29, 1.82) is 0 Å². The van der Waals surface area contributed by atoms with Gasteiger partial charge in [0.1, 0.15) is 0 Å². The lowest BCUT2D eigenvalue weighted by Crippen LogP contribution is -2.16. The topological polar surface area (TPSA) is 38.4 Å². The average molecular weight is 607 g/mol. The van der Waals surface area contributed by atoms with Gasteiger partial charge in [0, 0.05) is 11.0 Å². The monoisotopic (exact) mass is 606 g/mol. The second-order valence-corrected chi connectivity index (χ2v) is 13.4. The zero-order chi connectivity index (χ0) is 32.3. The molecule has 0 fully saturated rings. The van der Waals surface area contributed by atoms with Crippen LogP contribution in [0.5, 0.6) is 0 Å². The molecule has 228 valence electrons. The lowest BCUT2D eigenvalue weighted by molar-refractivity contribution is 0.651. The molecule has 0 atom stereocenters. The zero-order valence-corrected chi connectivity index (χ0v) is 27.3. The van der Waals surface area contributed by atoms with Crippen molar-refractivity contribution < 1.29 is 0 Å². The molecule has 2 nitrogen and oxygen atoms in total. The van der Waals surface area contributed by atoms with Crippen LogP contribution in [0.3, 0.4) is 0 Å². The minimum Gasteiger partial charge on any atom is -0.396 e. The molecule has 0 amide bonds. The number of nitrogens with zero attached hydrogens (tertiary/aromatic N) is 1. The molecular weight excluding hydrogens is 569 g/mol. The number of fused-ring (bicyclic) bond motifs is 4. The van der Waals surface area contributed by atoms with E-state index in [-0.39, 0.29) is 5.41 Å². The lowest BCUT2D eigenvalue weighted by atomic mass is 9.79. The standard InChI is InChI=1S/C45H38N2/c1-28-22-24-35-37(26-28)41(31-23-25-39-36(27-31)32-17-11-12-20-38(32)45(39,3)4)33-18-9-10-19-34(33)42(35)44(43(46)30-15-6-5-7-16-30)47-40-21-13-8-14-29(40)2/h5-10,12-16,18-27H,2,11,17,46H2,1,3-4H3/b44-43-,47-40?. The van der Waals surface area contributed by atoms with Gasteiger partial charge in [-0.3, -0.25) is 0 Å². The van der Waals surface area contributed by atoms with Crippen molar-refractivity contribution in [1.82, 2.24) is 0 Å². The second kappa shape index (κ2) is 11.1. The van der Waals surface area contributed by atoms with E-state index >= 15 is 0 Å². The lowest BCUT2D eigenvalue weighted by Gasteiger charge is -2.24. The van der Waals surface area contributed by atoms with Crippen LogP contribution in [0, 0.1) is 6.92 Å². The number of hydrogen-bond acceptors (Lipinski definition) is 2. The Kier molecular flexibility index (Phi) is 6.84. The Hall–Kier alpha value is -5.47. The van der Waals surface area contributed by atoms with E-state index in [2.05, 4.69) is 112 Å². The molecule has 3 aliphatic carbocycles. The molecular formula is C45H38N2. The van der Waals surface area contributed by atoms with Gasteiger partial charge in [-0.15, -0.1) is 0 Å². The van der Waals surface area contributed by atoms with E-state index < -0.39 is 0 Å². The highest BCUT2D eigenvalue weighted by Gasteiger charge is 2.37. The Balaban J connectivity index is 1.47. The van der Waals surface area contributed by atoms with Crippen LogP contribution < -0.4 is 5.73 Å². The number of aliphatic imine (C=N–C) groups is 1. The summed E-state index contributed by atoms with van der Waals surface area (Å²) in [5.74, 6) is 0. The van der Waals surface area contributed by atoms with Crippen molar-refractivity contribution in [2.24, 2.45) is 10.7 Å². The van der Waals surface area contributed by atoms with Crippen molar-refractivity contribution in [2.45, 2.75) is 39.0 Å². The van der Waals surface area contributed by atoms with Gasteiger partial charge in [0.15, 0.2) is 0 Å². The highest BCUT2D eigenvalue weighted by Crippen LogP contribution is 2.52. The first-order chi connectivity index (χ1) is 22.8. The van der Waals surface area contributed by atoms with Gasteiger partial charge in [-0.2, -0.15) is 0 Å². The molecule has 0 aliphatic heterocycles. The van der Waals surface area contributed by atoms with Crippen molar-refractivity contribution in [3.8, 4) is 11.1 Å². The van der Waals surface area contributed by atoms with Crippen LogP contribution in [0.2, 0.25) is 0 Å². The van der Waals surface area contributed by atoms with Crippen molar-refractivity contribution >= 4 is 44.2 Å². The van der Waals surface area contributed by atoms with E-state index in [0.717, 1.165) is 51.7 Å². The summed E-state index contributed by atoms with van der Waals surface area (Å²) in [6.45, 7) is 11.2. The van der Waals surface area contributed by atoms with Gasteiger partial charge in [0.25, 0.3) is 0 Å². The number of aryl methyl sites for hydroxylation is 1. The second-order valence-electron chi connectivity index (χ2n) is 13.4. The predicted octanol–water partition coefficient (Wildman–Crippen LogP) is 11.3. The summed E-state index contributed by atoms with van der Waals surface area (Å²) >= 11 is 0. The highest BCUT2D eigenvalue weighted by atomic mass is 14.8.